The minimum Gasteiger partial charge on any atom is -0.493 e. The van der Waals surface area contributed by atoms with Crippen molar-refractivity contribution >= 4 is 17.4 Å². The average Bonchev–Trinajstić information content (AvgIpc) is 3.25. The molecule has 0 fully saturated rings. The van der Waals surface area contributed by atoms with Crippen LogP contribution in [0, 0.1) is 0 Å². The molecule has 0 aliphatic heterocycles. The molecule has 3 heterocycles. The first-order valence-corrected chi connectivity index (χ1v) is 9.85. The Labute approximate surface area is 175 Å². The van der Waals surface area contributed by atoms with Crippen molar-refractivity contribution in [3.05, 3.63) is 58.6 Å². The third-order valence-electron chi connectivity index (χ3n) is 4.29. The lowest BCUT2D eigenvalue weighted by Crippen LogP contribution is -2.14. The first-order chi connectivity index (χ1) is 14.6. The van der Waals surface area contributed by atoms with Crippen molar-refractivity contribution in [3.8, 4) is 28.7 Å². The molecule has 0 amide bonds. The Bertz CT molecular complexity index is 1230. The molecule has 1 aromatic carbocycles. The molecule has 0 atom stereocenters. The molecule has 30 heavy (non-hydrogen) atoms. The van der Waals surface area contributed by atoms with Crippen molar-refractivity contribution in [3.63, 3.8) is 0 Å². The van der Waals surface area contributed by atoms with E-state index < -0.39 is 0 Å². The quantitative estimate of drug-likeness (QED) is 0.413. The van der Waals surface area contributed by atoms with Crippen molar-refractivity contribution in [1.29, 1.82) is 0 Å². The third-order valence-corrected chi connectivity index (χ3v) is 5.14. The number of rotatable bonds is 7. The Kier molecular flexibility index (Phi) is 5.57. The highest BCUT2D eigenvalue weighted by atomic mass is 32.2. The maximum absolute atomic E-state index is 12.2. The molecule has 0 spiro atoms. The van der Waals surface area contributed by atoms with E-state index in [1.165, 1.54) is 43.6 Å². The maximum Gasteiger partial charge on any atom is 0.277 e. The molecule has 4 rings (SSSR count). The van der Waals surface area contributed by atoms with Gasteiger partial charge in [-0.3, -0.25) is 9.20 Å². The van der Waals surface area contributed by atoms with Gasteiger partial charge in [-0.1, -0.05) is 17.8 Å². The molecule has 0 saturated heterocycles. The number of pyridine rings is 1. The molecule has 10 heteroatoms. The summed E-state index contributed by atoms with van der Waals surface area (Å²) in [6.45, 7) is 0. The summed E-state index contributed by atoms with van der Waals surface area (Å²) in [6, 6.07) is 10.4. The van der Waals surface area contributed by atoms with Gasteiger partial charge in [-0.05, 0) is 24.3 Å². The van der Waals surface area contributed by atoms with Crippen LogP contribution in [0.5, 0.6) is 17.2 Å². The van der Waals surface area contributed by atoms with Gasteiger partial charge < -0.3 is 18.6 Å². The van der Waals surface area contributed by atoms with Gasteiger partial charge in [0.15, 0.2) is 11.5 Å². The SMILES string of the molecule is COc1cc(-c2nnc(SCc3cc(=O)n4ccccc4n3)o2)cc(OC)c1OC. The van der Waals surface area contributed by atoms with E-state index in [9.17, 15) is 4.79 Å². The van der Waals surface area contributed by atoms with Crippen LogP contribution < -0.4 is 19.8 Å². The van der Waals surface area contributed by atoms with Gasteiger partial charge in [-0.2, -0.15) is 0 Å². The Morgan fingerprint density at radius 1 is 1.03 bits per heavy atom. The van der Waals surface area contributed by atoms with E-state index in [-0.39, 0.29) is 5.56 Å². The number of benzene rings is 1. The lowest BCUT2D eigenvalue weighted by atomic mass is 10.2. The van der Waals surface area contributed by atoms with Crippen molar-refractivity contribution in [2.45, 2.75) is 11.0 Å². The summed E-state index contributed by atoms with van der Waals surface area (Å²) in [4.78, 5) is 16.7. The minimum absolute atomic E-state index is 0.139. The molecule has 9 nitrogen and oxygen atoms in total. The summed E-state index contributed by atoms with van der Waals surface area (Å²) in [7, 11) is 4.61. The number of methoxy groups -OCH3 is 3. The van der Waals surface area contributed by atoms with E-state index in [4.69, 9.17) is 18.6 Å². The highest BCUT2D eigenvalue weighted by Crippen LogP contribution is 2.41. The predicted octanol–water partition coefficient (Wildman–Crippen LogP) is 3.06. The first kappa shape index (κ1) is 19.8. The number of nitrogens with zero attached hydrogens (tertiary/aromatic N) is 4. The molecule has 4 aromatic rings. The second-order valence-corrected chi connectivity index (χ2v) is 7.02. The minimum atomic E-state index is -0.139. The highest BCUT2D eigenvalue weighted by molar-refractivity contribution is 7.98. The zero-order valence-corrected chi connectivity index (χ0v) is 17.3. The average molecular weight is 426 g/mol. The molecule has 0 aliphatic rings. The van der Waals surface area contributed by atoms with Gasteiger partial charge in [0, 0.05) is 23.6 Å². The largest absolute Gasteiger partial charge is 0.493 e. The van der Waals surface area contributed by atoms with Gasteiger partial charge in [-0.25, -0.2) is 4.98 Å². The van der Waals surface area contributed by atoms with Gasteiger partial charge >= 0.3 is 0 Å². The van der Waals surface area contributed by atoms with Crippen LogP contribution in [0.4, 0.5) is 0 Å². The van der Waals surface area contributed by atoms with Crippen LogP contribution in [-0.2, 0) is 5.75 Å². The van der Waals surface area contributed by atoms with E-state index in [2.05, 4.69) is 15.2 Å². The van der Waals surface area contributed by atoms with Crippen LogP contribution in [0.25, 0.3) is 17.1 Å². The standard InChI is InChI=1S/C20H18N4O5S/c1-26-14-8-12(9-15(27-2)18(14)28-3)19-22-23-20(29-19)30-11-13-10-17(25)24-7-5-4-6-16(24)21-13/h4-10H,11H2,1-3H3. The van der Waals surface area contributed by atoms with Crippen LogP contribution in [0.1, 0.15) is 5.69 Å². The van der Waals surface area contributed by atoms with Gasteiger partial charge in [0.2, 0.25) is 11.6 Å². The van der Waals surface area contributed by atoms with E-state index in [1.54, 1.807) is 30.5 Å². The zero-order valence-electron chi connectivity index (χ0n) is 16.5. The number of hydrogen-bond acceptors (Lipinski definition) is 9. The molecule has 3 aromatic heterocycles. The Morgan fingerprint density at radius 2 is 1.80 bits per heavy atom. The second-order valence-electron chi connectivity index (χ2n) is 6.09. The molecular weight excluding hydrogens is 408 g/mol. The Balaban J connectivity index is 1.56. The lowest BCUT2D eigenvalue weighted by molar-refractivity contribution is 0.324. The number of hydrogen-bond donors (Lipinski definition) is 0. The monoisotopic (exact) mass is 426 g/mol. The van der Waals surface area contributed by atoms with E-state index in [0.717, 1.165) is 0 Å². The Hall–Kier alpha value is -3.53. The molecule has 0 N–H and O–H groups in total. The highest BCUT2D eigenvalue weighted by Gasteiger charge is 2.18. The lowest BCUT2D eigenvalue weighted by Gasteiger charge is -2.12. The van der Waals surface area contributed by atoms with E-state index in [0.29, 0.717) is 51.0 Å². The first-order valence-electron chi connectivity index (χ1n) is 8.87. The number of fused-ring (bicyclic) bond motifs is 1. The van der Waals surface area contributed by atoms with Gasteiger partial charge in [-0.15, -0.1) is 10.2 Å². The summed E-state index contributed by atoms with van der Waals surface area (Å²) in [6.07, 6.45) is 1.68. The summed E-state index contributed by atoms with van der Waals surface area (Å²) in [5.74, 6) is 2.17. The summed E-state index contributed by atoms with van der Waals surface area (Å²) in [5.41, 5.74) is 1.71. The van der Waals surface area contributed by atoms with Gasteiger partial charge in [0.05, 0.1) is 27.0 Å². The van der Waals surface area contributed by atoms with E-state index in [1.807, 2.05) is 6.07 Å². The molecule has 154 valence electrons. The summed E-state index contributed by atoms with van der Waals surface area (Å²) < 4.78 is 23.3. The molecule has 0 unspecified atom stereocenters. The van der Waals surface area contributed by atoms with Crippen molar-refractivity contribution < 1.29 is 18.6 Å². The fourth-order valence-electron chi connectivity index (χ4n) is 2.90. The fraction of sp³-hybridized carbons (Fsp3) is 0.200. The van der Waals surface area contributed by atoms with Crippen LogP contribution in [0.2, 0.25) is 0 Å². The smallest absolute Gasteiger partial charge is 0.277 e. The van der Waals surface area contributed by atoms with E-state index >= 15 is 0 Å². The fourth-order valence-corrected chi connectivity index (χ4v) is 3.56. The van der Waals surface area contributed by atoms with Gasteiger partial charge in [0.25, 0.3) is 10.8 Å². The second kappa shape index (κ2) is 8.46. The van der Waals surface area contributed by atoms with Crippen LogP contribution in [0.15, 0.2) is 57.0 Å². The summed E-state index contributed by atoms with van der Waals surface area (Å²) in [5, 5.41) is 8.52. The third kappa shape index (κ3) is 3.81. The normalized spacial score (nSPS) is 10.9. The number of aromatic nitrogens is 4. The van der Waals surface area contributed by atoms with Crippen LogP contribution in [0.3, 0.4) is 0 Å². The maximum atomic E-state index is 12.2. The van der Waals surface area contributed by atoms with Crippen LogP contribution >= 0.6 is 11.8 Å². The molecular formula is C20H18N4O5S. The molecule has 0 aliphatic carbocycles. The summed E-state index contributed by atoms with van der Waals surface area (Å²) >= 11 is 1.30. The predicted molar refractivity (Wildman–Crippen MR) is 110 cm³/mol. The molecule has 0 saturated carbocycles. The molecule has 0 radical (unpaired) electrons. The Morgan fingerprint density at radius 3 is 2.50 bits per heavy atom. The molecule has 0 bridgehead atoms. The van der Waals surface area contributed by atoms with Crippen molar-refractivity contribution in [2.24, 2.45) is 0 Å². The van der Waals surface area contributed by atoms with Crippen molar-refractivity contribution in [1.82, 2.24) is 19.6 Å². The topological polar surface area (TPSA) is 101 Å². The zero-order chi connectivity index (χ0) is 21.1. The van der Waals surface area contributed by atoms with Crippen LogP contribution in [-0.4, -0.2) is 40.9 Å². The van der Waals surface area contributed by atoms with Crippen molar-refractivity contribution in [2.75, 3.05) is 21.3 Å². The van der Waals surface area contributed by atoms with Gasteiger partial charge in [0.1, 0.15) is 5.65 Å². The number of ether oxygens (including phenoxy) is 3. The number of thioether (sulfide) groups is 1.